The van der Waals surface area contributed by atoms with Crippen molar-refractivity contribution in [3.8, 4) is 0 Å². The highest BCUT2D eigenvalue weighted by molar-refractivity contribution is 7.90. The molecule has 9 heteroatoms. The number of anilines is 1. The second kappa shape index (κ2) is 7.71. The molecule has 0 spiro atoms. The van der Waals surface area contributed by atoms with Crippen molar-refractivity contribution < 1.29 is 32.0 Å². The third-order valence-corrected chi connectivity index (χ3v) is 6.22. The molecule has 0 bridgehead atoms. The number of likely N-dealkylation sites (tertiary alicyclic amines) is 1. The van der Waals surface area contributed by atoms with Crippen LogP contribution in [0, 0.1) is 11.7 Å². The summed E-state index contributed by atoms with van der Waals surface area (Å²) in [5.74, 6) is -2.32. The van der Waals surface area contributed by atoms with Gasteiger partial charge in [-0.2, -0.15) is 0 Å². The number of aliphatic carboxylic acids is 1. The first-order valence-corrected chi connectivity index (χ1v) is 10.3. The maximum Gasteiger partial charge on any atom is 0.332 e. The number of halogens is 1. The summed E-state index contributed by atoms with van der Waals surface area (Å²) < 4.78 is 37.7. The number of sulfone groups is 1. The van der Waals surface area contributed by atoms with Gasteiger partial charge in [0.25, 0.3) is 0 Å². The van der Waals surface area contributed by atoms with Gasteiger partial charge in [-0.15, -0.1) is 0 Å². The van der Waals surface area contributed by atoms with Crippen LogP contribution in [0.1, 0.15) is 19.8 Å². The van der Waals surface area contributed by atoms with Gasteiger partial charge in [-0.1, -0.05) is 6.07 Å². The maximum atomic E-state index is 13.9. The Kier molecular flexibility index (Phi) is 6.02. The molecule has 1 amide bonds. The summed E-state index contributed by atoms with van der Waals surface area (Å²) in [6, 6.07) is 3.85. The molecule has 0 aromatic heterocycles. The van der Waals surface area contributed by atoms with Gasteiger partial charge in [-0.3, -0.25) is 9.28 Å². The van der Waals surface area contributed by atoms with Gasteiger partial charge in [0.05, 0.1) is 31.2 Å². The Labute approximate surface area is 152 Å². The van der Waals surface area contributed by atoms with E-state index in [9.17, 15) is 22.4 Å². The van der Waals surface area contributed by atoms with E-state index in [4.69, 9.17) is 5.11 Å². The van der Waals surface area contributed by atoms with Crippen molar-refractivity contribution >= 4 is 27.4 Å². The molecule has 1 heterocycles. The Bertz CT molecular complexity index is 801. The van der Waals surface area contributed by atoms with E-state index in [0.717, 1.165) is 12.3 Å². The van der Waals surface area contributed by atoms with Crippen LogP contribution < -0.4 is 5.32 Å². The SMILES string of the molecule is CC[N+]1(C(=O)CNc2cccc(F)c2S(C)(=O)=O)CCC(C(=O)O)CC1. The highest BCUT2D eigenvalue weighted by Crippen LogP contribution is 2.26. The number of quaternary nitrogens is 1. The van der Waals surface area contributed by atoms with Crippen molar-refractivity contribution in [2.24, 2.45) is 5.92 Å². The van der Waals surface area contributed by atoms with E-state index in [1.807, 2.05) is 6.92 Å². The molecule has 26 heavy (non-hydrogen) atoms. The van der Waals surface area contributed by atoms with Crippen molar-refractivity contribution in [2.75, 3.05) is 37.8 Å². The summed E-state index contributed by atoms with van der Waals surface area (Å²) in [5, 5.41) is 11.9. The molecule has 7 nitrogen and oxygen atoms in total. The van der Waals surface area contributed by atoms with Gasteiger partial charge < -0.3 is 10.4 Å². The number of carboxylic acid groups (broad SMARTS) is 1. The number of rotatable bonds is 6. The minimum absolute atomic E-state index is 0.0514. The molecule has 1 aromatic rings. The molecule has 2 N–H and O–H groups in total. The van der Waals surface area contributed by atoms with E-state index in [-0.39, 0.29) is 22.6 Å². The Balaban J connectivity index is 2.14. The fraction of sp³-hybridized carbons (Fsp3) is 0.529. The normalized spacial score (nSPS) is 23.4. The molecule has 0 unspecified atom stereocenters. The molecular formula is C17H24FN2O5S+. The fourth-order valence-electron chi connectivity index (χ4n) is 3.41. The Morgan fingerprint density at radius 2 is 1.92 bits per heavy atom. The second-order valence-corrected chi connectivity index (χ2v) is 8.61. The van der Waals surface area contributed by atoms with E-state index in [1.165, 1.54) is 12.1 Å². The summed E-state index contributed by atoms with van der Waals surface area (Å²) >= 11 is 0. The van der Waals surface area contributed by atoms with E-state index in [0.29, 0.717) is 32.5 Å². The van der Waals surface area contributed by atoms with Crippen LogP contribution >= 0.6 is 0 Å². The standard InChI is InChI=1S/C17H23FN2O5S/c1-3-20(9-7-12(8-10-20)17(22)23)15(21)11-19-14-6-4-5-13(18)16(14)26(2,24)25/h4-6,12,19H,3,7-11H2,1-2H3/p+1. The zero-order chi connectivity index (χ0) is 19.5. The van der Waals surface area contributed by atoms with Crippen molar-refractivity contribution in [1.29, 1.82) is 0 Å². The van der Waals surface area contributed by atoms with Crippen molar-refractivity contribution in [3.63, 3.8) is 0 Å². The summed E-state index contributed by atoms with van der Waals surface area (Å²) in [5.41, 5.74) is 0.0514. The number of piperidine rings is 1. The first kappa shape index (κ1) is 20.3. The Morgan fingerprint density at radius 1 is 1.31 bits per heavy atom. The topological polar surface area (TPSA) is 101 Å². The Hall–Kier alpha value is -2.00. The first-order chi connectivity index (χ1) is 12.1. The molecular weight excluding hydrogens is 363 g/mol. The number of carbonyl (C=O) groups is 2. The summed E-state index contributed by atoms with van der Waals surface area (Å²) in [4.78, 5) is 23.4. The highest BCUT2D eigenvalue weighted by Gasteiger charge is 2.40. The zero-order valence-corrected chi connectivity index (χ0v) is 15.7. The average molecular weight is 387 g/mol. The molecule has 144 valence electrons. The van der Waals surface area contributed by atoms with E-state index in [1.54, 1.807) is 0 Å². The minimum atomic E-state index is -3.79. The quantitative estimate of drug-likeness (QED) is 0.718. The van der Waals surface area contributed by atoms with E-state index < -0.39 is 32.4 Å². The third-order valence-electron chi connectivity index (χ3n) is 5.06. The van der Waals surface area contributed by atoms with Gasteiger partial charge in [-0.25, -0.2) is 17.6 Å². The first-order valence-electron chi connectivity index (χ1n) is 8.45. The van der Waals surface area contributed by atoms with Gasteiger partial charge in [0.15, 0.2) is 9.84 Å². The number of carboxylic acids is 1. The number of hydrogen-bond acceptors (Lipinski definition) is 5. The number of benzene rings is 1. The van der Waals surface area contributed by atoms with Gasteiger partial charge >= 0.3 is 11.9 Å². The molecule has 0 radical (unpaired) electrons. The van der Waals surface area contributed by atoms with Crippen molar-refractivity contribution in [3.05, 3.63) is 24.0 Å². The van der Waals surface area contributed by atoms with Crippen LogP contribution in [-0.2, 0) is 19.4 Å². The molecule has 0 aliphatic carbocycles. The molecule has 1 saturated heterocycles. The summed E-state index contributed by atoms with van der Waals surface area (Å²) in [6.07, 6.45) is 1.75. The summed E-state index contributed by atoms with van der Waals surface area (Å²) in [6.45, 7) is 3.09. The van der Waals surface area contributed by atoms with Gasteiger partial charge in [-0.05, 0) is 19.1 Å². The predicted molar refractivity (Wildman–Crippen MR) is 93.9 cm³/mol. The lowest BCUT2D eigenvalue weighted by Crippen LogP contribution is -2.59. The van der Waals surface area contributed by atoms with Crippen molar-refractivity contribution in [1.82, 2.24) is 0 Å². The number of nitrogens with one attached hydrogen (secondary N) is 1. The van der Waals surface area contributed by atoms with E-state index in [2.05, 4.69) is 5.32 Å². The number of carbonyl (C=O) groups excluding carboxylic acids is 1. The smallest absolute Gasteiger partial charge is 0.332 e. The van der Waals surface area contributed by atoms with Crippen LogP contribution in [-0.4, -0.2) is 62.3 Å². The Morgan fingerprint density at radius 3 is 2.42 bits per heavy atom. The summed E-state index contributed by atoms with van der Waals surface area (Å²) in [7, 11) is -3.79. The number of likely N-dealkylation sites (N-methyl/N-ethyl adjacent to an activating group) is 1. The number of nitrogens with zero attached hydrogens (tertiary/aromatic N) is 1. The molecule has 1 fully saturated rings. The lowest BCUT2D eigenvalue weighted by Gasteiger charge is -2.39. The predicted octanol–water partition coefficient (Wildman–Crippen LogP) is 1.50. The van der Waals surface area contributed by atoms with Crippen molar-refractivity contribution in [2.45, 2.75) is 24.7 Å². The maximum absolute atomic E-state index is 13.9. The van der Waals surface area contributed by atoms with Gasteiger partial charge in [0, 0.05) is 19.1 Å². The van der Waals surface area contributed by atoms with Crippen LogP contribution in [0.25, 0.3) is 0 Å². The molecule has 1 aliphatic rings. The van der Waals surface area contributed by atoms with Crippen LogP contribution in [0.4, 0.5) is 10.1 Å². The average Bonchev–Trinajstić information content (AvgIpc) is 2.58. The zero-order valence-electron chi connectivity index (χ0n) is 14.9. The third kappa shape index (κ3) is 4.21. The lowest BCUT2D eigenvalue weighted by molar-refractivity contribution is -0.858. The molecule has 0 atom stereocenters. The molecule has 0 saturated carbocycles. The fourth-order valence-corrected chi connectivity index (χ4v) is 4.38. The van der Waals surface area contributed by atoms with E-state index >= 15 is 0 Å². The number of amides is 1. The van der Waals surface area contributed by atoms with Gasteiger partial charge in [0.2, 0.25) is 0 Å². The second-order valence-electron chi connectivity index (χ2n) is 6.66. The van der Waals surface area contributed by atoms with Crippen LogP contribution in [0.5, 0.6) is 0 Å². The lowest BCUT2D eigenvalue weighted by atomic mass is 9.94. The van der Waals surface area contributed by atoms with Gasteiger partial charge in [0.1, 0.15) is 17.3 Å². The highest BCUT2D eigenvalue weighted by atomic mass is 32.2. The number of hydrogen-bond donors (Lipinski definition) is 2. The largest absolute Gasteiger partial charge is 0.481 e. The molecule has 1 aromatic carbocycles. The van der Waals surface area contributed by atoms with Crippen LogP contribution in [0.3, 0.4) is 0 Å². The minimum Gasteiger partial charge on any atom is -0.481 e. The monoisotopic (exact) mass is 387 g/mol. The van der Waals surface area contributed by atoms with Crippen LogP contribution in [0.15, 0.2) is 23.1 Å². The molecule has 2 rings (SSSR count). The van der Waals surface area contributed by atoms with Crippen LogP contribution in [0.2, 0.25) is 0 Å². The molecule has 1 aliphatic heterocycles.